The van der Waals surface area contributed by atoms with E-state index in [0.29, 0.717) is 36.8 Å². The van der Waals surface area contributed by atoms with E-state index < -0.39 is 50.0 Å². The van der Waals surface area contributed by atoms with E-state index in [1.165, 1.54) is 24.3 Å². The summed E-state index contributed by atoms with van der Waals surface area (Å²) in [5.41, 5.74) is 2.45. The molecule has 2 fully saturated rings. The normalized spacial score (nSPS) is 18.8. The SMILES string of the molecule is CC(C)(C)[Si](OCC(CO[C@@H]1CCC[C@H](CO)C1)OCc1ccc(C(F)(F)F)cc1)(c1ccccc1)c1ccccc1.Cc1cccc(-c2nc(COC[C@H]3CCC[C@@H](OCC(OCc4ccc(C(F)(F)F)cc4)C(=O)O)C3)c(C)o2)c1. The molecule has 6 aromatic rings. The molecule has 2 aliphatic carbocycles. The van der Waals surface area contributed by atoms with Crippen molar-refractivity contribution in [2.75, 3.05) is 33.0 Å². The zero-order valence-corrected chi connectivity index (χ0v) is 48.4. The lowest BCUT2D eigenvalue weighted by atomic mass is 9.88. The van der Waals surface area contributed by atoms with Crippen LogP contribution in [-0.4, -0.2) is 86.9 Å². The van der Waals surface area contributed by atoms with Crippen LogP contribution in [0, 0.1) is 25.7 Å². The van der Waals surface area contributed by atoms with Crippen LogP contribution in [0.5, 0.6) is 0 Å². The molecule has 2 saturated carbocycles. The Morgan fingerprint density at radius 2 is 1.20 bits per heavy atom. The van der Waals surface area contributed by atoms with Crippen molar-refractivity contribution in [1.29, 1.82) is 0 Å². The van der Waals surface area contributed by atoms with Gasteiger partial charge in [-0.3, -0.25) is 0 Å². The van der Waals surface area contributed by atoms with E-state index in [0.717, 1.165) is 109 Å². The number of alkyl halides is 6. The molecule has 1 heterocycles. The molecule has 0 bridgehead atoms. The van der Waals surface area contributed by atoms with Crippen LogP contribution in [0.4, 0.5) is 26.3 Å². The fourth-order valence-corrected chi connectivity index (χ4v) is 15.3. The van der Waals surface area contributed by atoms with Gasteiger partial charge in [-0.15, -0.1) is 0 Å². The van der Waals surface area contributed by atoms with Crippen LogP contribution >= 0.6 is 0 Å². The molecule has 18 heteroatoms. The highest BCUT2D eigenvalue weighted by atomic mass is 28.4. The topological polar surface area (TPSA) is 139 Å². The van der Waals surface area contributed by atoms with Gasteiger partial charge in [0.2, 0.25) is 5.89 Å². The van der Waals surface area contributed by atoms with E-state index >= 15 is 0 Å². The highest BCUT2D eigenvalue weighted by Gasteiger charge is 2.50. The minimum absolute atomic E-state index is 0.0286. The summed E-state index contributed by atoms with van der Waals surface area (Å²) in [5, 5.41) is 21.3. The van der Waals surface area contributed by atoms with E-state index in [4.69, 9.17) is 32.5 Å². The molecule has 1 aromatic heterocycles. The van der Waals surface area contributed by atoms with Gasteiger partial charge in [-0.05, 0) is 127 Å². The van der Waals surface area contributed by atoms with Gasteiger partial charge in [0.25, 0.3) is 8.32 Å². The van der Waals surface area contributed by atoms with Crippen LogP contribution in [0.25, 0.3) is 11.5 Å². The van der Waals surface area contributed by atoms with Gasteiger partial charge in [0, 0.05) is 12.2 Å². The maximum atomic E-state index is 13.1. The number of carboxylic acids is 1. The zero-order valence-electron chi connectivity index (χ0n) is 47.4. The second-order valence-electron chi connectivity index (χ2n) is 22.5. The van der Waals surface area contributed by atoms with Crippen molar-refractivity contribution in [2.45, 2.75) is 148 Å². The number of aliphatic hydroxyl groups excluding tert-OH is 1. The van der Waals surface area contributed by atoms with Gasteiger partial charge in [-0.1, -0.05) is 136 Å². The van der Waals surface area contributed by atoms with Gasteiger partial charge in [0.1, 0.15) is 17.6 Å². The third-order valence-corrected chi connectivity index (χ3v) is 20.2. The molecule has 2 aliphatic rings. The summed E-state index contributed by atoms with van der Waals surface area (Å²) in [6, 6.07) is 38.2. The number of benzene rings is 5. The molecule has 0 amide bonds. The van der Waals surface area contributed by atoms with Crippen LogP contribution in [-0.2, 0) is 65.1 Å². The standard InChI is InChI=1S/C34H43F3O4Si.C30H34F3NO6/c1-33(2,3)42(31-13-6-4-7-14-31,32-15-8-5-9-16-32)41-25-30(24-40-29-12-10-11-27(21-29)22-38)39-23-26-17-19-28(20-18-26)34(35,36)37;1-19-5-3-7-23(13-19)28-34-26(20(2)40-28)17-37-15-22-6-4-8-25(14-22)38-18-27(29(35)36)39-16-21-9-11-24(12-10-21)30(31,32)33/h4-9,13-20,27,29-30,38H,10-12,21-25H2,1-3H3;3,5,7,9-13,22,25,27H,4,6,8,14-18H2,1-2H3,(H,35,36)/t27-,29+,30?;22-,25+,27?/m00/s1. The summed E-state index contributed by atoms with van der Waals surface area (Å²) >= 11 is 0. The van der Waals surface area contributed by atoms with Crippen LogP contribution in [0.2, 0.25) is 5.04 Å². The predicted octanol–water partition coefficient (Wildman–Crippen LogP) is 13.5. The number of hydrogen-bond acceptors (Lipinski definition) is 10. The highest BCUT2D eigenvalue weighted by Crippen LogP contribution is 2.38. The number of aliphatic hydroxyl groups is 1. The maximum Gasteiger partial charge on any atom is 0.416 e. The number of nitrogens with zero attached hydrogens (tertiary/aromatic N) is 1. The number of aromatic nitrogens is 1. The van der Waals surface area contributed by atoms with Crippen LogP contribution in [0.15, 0.2) is 138 Å². The highest BCUT2D eigenvalue weighted by molar-refractivity contribution is 6.99. The van der Waals surface area contributed by atoms with E-state index in [1.54, 1.807) is 0 Å². The van der Waals surface area contributed by atoms with E-state index in [2.05, 4.69) is 50.0 Å². The molecule has 444 valence electrons. The summed E-state index contributed by atoms with van der Waals surface area (Å²) < 4.78 is 120. The number of rotatable bonds is 24. The molecule has 0 aliphatic heterocycles. The lowest BCUT2D eigenvalue weighted by Gasteiger charge is -2.43. The third-order valence-electron chi connectivity index (χ3n) is 15.2. The van der Waals surface area contributed by atoms with E-state index in [-0.39, 0.29) is 62.1 Å². The molecule has 0 spiro atoms. The second-order valence-corrected chi connectivity index (χ2v) is 26.8. The first kappa shape index (κ1) is 63.9. The fourth-order valence-electron chi connectivity index (χ4n) is 10.7. The quantitative estimate of drug-likeness (QED) is 0.0442. The molecular formula is C64H77F6NO10Si. The Hall–Kier alpha value is -5.70. The van der Waals surface area contributed by atoms with Gasteiger partial charge >= 0.3 is 18.3 Å². The predicted molar refractivity (Wildman–Crippen MR) is 303 cm³/mol. The Morgan fingerprint density at radius 3 is 1.72 bits per heavy atom. The van der Waals surface area contributed by atoms with Gasteiger partial charge in [0.05, 0.1) is 69.6 Å². The minimum atomic E-state index is -4.43. The molecule has 6 atom stereocenters. The fraction of sp³-hybridized carbons (Fsp3) is 0.469. The van der Waals surface area contributed by atoms with E-state index in [9.17, 15) is 41.4 Å². The number of oxazole rings is 1. The summed E-state index contributed by atoms with van der Waals surface area (Å²) in [4.78, 5) is 16.3. The summed E-state index contributed by atoms with van der Waals surface area (Å²) in [6.07, 6.45) is -3.38. The third kappa shape index (κ3) is 18.4. The molecule has 82 heavy (non-hydrogen) atoms. The Labute approximate surface area is 478 Å². The number of halogens is 6. The van der Waals surface area contributed by atoms with Crippen molar-refractivity contribution < 1.29 is 73.9 Å². The number of aryl methyl sites for hydroxylation is 2. The monoisotopic (exact) mass is 1160 g/mol. The summed E-state index contributed by atoms with van der Waals surface area (Å²) in [6.45, 7) is 12.0. The molecular weight excluding hydrogens is 1080 g/mol. The Balaban J connectivity index is 0.000000236. The minimum Gasteiger partial charge on any atom is -0.479 e. The first-order valence-electron chi connectivity index (χ1n) is 28.1. The van der Waals surface area contributed by atoms with Crippen molar-refractivity contribution in [3.05, 3.63) is 173 Å². The number of hydrogen-bond donors (Lipinski definition) is 2. The van der Waals surface area contributed by atoms with Crippen LogP contribution in [0.3, 0.4) is 0 Å². The van der Waals surface area contributed by atoms with Crippen molar-refractivity contribution in [2.24, 2.45) is 11.8 Å². The number of carbonyl (C=O) groups is 1. The Bertz CT molecular complexity index is 2820. The first-order chi connectivity index (χ1) is 39.1. The number of ether oxygens (including phenoxy) is 5. The largest absolute Gasteiger partial charge is 0.479 e. The smallest absolute Gasteiger partial charge is 0.416 e. The molecule has 11 nitrogen and oxygen atoms in total. The van der Waals surface area contributed by atoms with Crippen molar-refractivity contribution >= 4 is 24.7 Å². The molecule has 8 rings (SSSR count). The van der Waals surface area contributed by atoms with Crippen molar-refractivity contribution in [1.82, 2.24) is 4.98 Å². The molecule has 2 unspecified atom stereocenters. The summed E-state index contributed by atoms with van der Waals surface area (Å²) in [7, 11) is -2.83. The molecule has 0 radical (unpaired) electrons. The lowest BCUT2D eigenvalue weighted by molar-refractivity contribution is -0.158. The Kier molecular flexibility index (Phi) is 23.1. The molecule has 0 saturated heterocycles. The first-order valence-corrected chi connectivity index (χ1v) is 30.0. The average Bonchev–Trinajstić information content (AvgIpc) is 3.35. The molecule has 2 N–H and O–H groups in total. The van der Waals surface area contributed by atoms with Crippen LogP contribution < -0.4 is 10.4 Å². The van der Waals surface area contributed by atoms with Gasteiger partial charge in [-0.2, -0.15) is 26.3 Å². The maximum absolute atomic E-state index is 13.1. The van der Waals surface area contributed by atoms with Crippen molar-refractivity contribution in [3.8, 4) is 11.5 Å². The molecule has 5 aromatic carbocycles. The van der Waals surface area contributed by atoms with Crippen molar-refractivity contribution in [3.63, 3.8) is 0 Å². The van der Waals surface area contributed by atoms with E-state index in [1.807, 2.05) is 74.5 Å². The Morgan fingerprint density at radius 1 is 0.659 bits per heavy atom. The van der Waals surface area contributed by atoms with Gasteiger partial charge in [0.15, 0.2) is 6.10 Å². The lowest BCUT2D eigenvalue weighted by Crippen LogP contribution is -2.67. The van der Waals surface area contributed by atoms with Gasteiger partial charge in [-0.25, -0.2) is 9.78 Å². The summed E-state index contributed by atoms with van der Waals surface area (Å²) in [5.74, 6) is 0.606. The zero-order chi connectivity index (χ0) is 58.9. The number of carboxylic acid groups (broad SMARTS) is 1. The van der Waals surface area contributed by atoms with Gasteiger partial charge < -0.3 is 42.7 Å². The second kappa shape index (κ2) is 29.7. The van der Waals surface area contributed by atoms with Crippen LogP contribution in [0.1, 0.15) is 111 Å². The number of aliphatic carboxylic acids is 1. The average molecular weight is 1160 g/mol.